The molecule has 1 aromatic carbocycles. The fraction of sp³-hybridized carbons (Fsp3) is 0.250. The van der Waals surface area contributed by atoms with Gasteiger partial charge in [0.2, 0.25) is 0 Å². The number of aromatic nitrogens is 1. The highest BCUT2D eigenvalue weighted by molar-refractivity contribution is 7.98. The number of pyridine rings is 1. The van der Waals surface area contributed by atoms with Crippen molar-refractivity contribution < 1.29 is 0 Å². The van der Waals surface area contributed by atoms with Gasteiger partial charge in [0.05, 0.1) is 5.56 Å². The summed E-state index contributed by atoms with van der Waals surface area (Å²) in [5.41, 5.74) is 3.95. The first-order valence-electron chi connectivity index (χ1n) is 6.38. The summed E-state index contributed by atoms with van der Waals surface area (Å²) in [7, 11) is 0. The zero-order valence-electron chi connectivity index (χ0n) is 10.8. The standard InChI is InChI=1S/C16H14N2S/c1-19-16-14(10-17)13(11-5-3-2-4-6-11)9-15(18-16)12-7-8-12/h2-6,9,12H,7-8H2,1H3. The predicted molar refractivity (Wildman–Crippen MR) is 78.1 cm³/mol. The fourth-order valence-corrected chi connectivity index (χ4v) is 2.79. The first-order chi connectivity index (χ1) is 9.33. The summed E-state index contributed by atoms with van der Waals surface area (Å²) in [5.74, 6) is 0.598. The van der Waals surface area contributed by atoms with E-state index in [1.54, 1.807) is 11.8 Å². The van der Waals surface area contributed by atoms with Crippen molar-refractivity contribution in [1.29, 1.82) is 5.26 Å². The number of rotatable bonds is 3. The molecule has 1 aliphatic carbocycles. The molecule has 2 aromatic rings. The van der Waals surface area contributed by atoms with Crippen molar-refractivity contribution in [2.24, 2.45) is 0 Å². The summed E-state index contributed by atoms with van der Waals surface area (Å²) < 4.78 is 0. The second-order valence-electron chi connectivity index (χ2n) is 4.73. The van der Waals surface area contributed by atoms with Gasteiger partial charge < -0.3 is 0 Å². The summed E-state index contributed by atoms with van der Waals surface area (Å²) >= 11 is 1.55. The van der Waals surface area contributed by atoms with Crippen molar-refractivity contribution in [3.63, 3.8) is 0 Å². The summed E-state index contributed by atoms with van der Waals surface area (Å²) in [5, 5.41) is 10.3. The monoisotopic (exact) mass is 266 g/mol. The highest BCUT2D eigenvalue weighted by Gasteiger charge is 2.27. The number of hydrogen-bond acceptors (Lipinski definition) is 3. The lowest BCUT2D eigenvalue weighted by molar-refractivity contribution is 0.957. The van der Waals surface area contributed by atoms with E-state index in [9.17, 15) is 5.26 Å². The van der Waals surface area contributed by atoms with Crippen LogP contribution in [-0.2, 0) is 0 Å². The molecule has 0 unspecified atom stereocenters. The van der Waals surface area contributed by atoms with Gasteiger partial charge in [0, 0.05) is 17.2 Å². The molecule has 3 heteroatoms. The van der Waals surface area contributed by atoms with Gasteiger partial charge >= 0.3 is 0 Å². The Morgan fingerprint density at radius 2 is 2.00 bits per heavy atom. The number of nitrogens with zero attached hydrogens (tertiary/aromatic N) is 2. The lowest BCUT2D eigenvalue weighted by atomic mass is 10.0. The molecule has 1 aromatic heterocycles. The lowest BCUT2D eigenvalue weighted by Gasteiger charge is -2.10. The van der Waals surface area contributed by atoms with E-state index in [0.717, 1.165) is 21.8 Å². The molecule has 94 valence electrons. The van der Waals surface area contributed by atoms with Crippen LogP contribution < -0.4 is 0 Å². The van der Waals surface area contributed by atoms with E-state index >= 15 is 0 Å². The molecule has 0 spiro atoms. The summed E-state index contributed by atoms with van der Waals surface area (Å²) in [6.45, 7) is 0. The van der Waals surface area contributed by atoms with E-state index < -0.39 is 0 Å². The van der Waals surface area contributed by atoms with Crippen molar-refractivity contribution in [3.05, 3.63) is 47.7 Å². The minimum absolute atomic E-state index is 0.598. The van der Waals surface area contributed by atoms with Gasteiger partial charge in [-0.3, -0.25) is 0 Å². The van der Waals surface area contributed by atoms with Crippen LogP contribution in [-0.4, -0.2) is 11.2 Å². The number of hydrogen-bond donors (Lipinski definition) is 0. The molecule has 0 saturated heterocycles. The van der Waals surface area contributed by atoms with E-state index in [-0.39, 0.29) is 0 Å². The molecule has 0 aliphatic heterocycles. The van der Waals surface area contributed by atoms with Gasteiger partial charge in [-0.2, -0.15) is 5.26 Å². The van der Waals surface area contributed by atoms with Crippen LogP contribution in [0.3, 0.4) is 0 Å². The molecule has 19 heavy (non-hydrogen) atoms. The zero-order chi connectivity index (χ0) is 13.2. The van der Waals surface area contributed by atoms with Crippen LogP contribution in [0.5, 0.6) is 0 Å². The van der Waals surface area contributed by atoms with E-state index in [1.807, 2.05) is 24.5 Å². The van der Waals surface area contributed by atoms with Crippen molar-refractivity contribution >= 4 is 11.8 Å². The van der Waals surface area contributed by atoms with Crippen LogP contribution in [0, 0.1) is 11.3 Å². The Kier molecular flexibility index (Phi) is 3.27. The summed E-state index contributed by atoms with van der Waals surface area (Å²) in [6, 6.07) is 14.5. The zero-order valence-corrected chi connectivity index (χ0v) is 11.6. The third kappa shape index (κ3) is 2.36. The predicted octanol–water partition coefficient (Wildman–Crippen LogP) is 4.22. The smallest absolute Gasteiger partial charge is 0.114 e. The molecule has 3 rings (SSSR count). The molecular weight excluding hydrogens is 252 g/mol. The molecule has 0 amide bonds. The number of benzene rings is 1. The minimum atomic E-state index is 0.598. The first kappa shape index (κ1) is 12.3. The van der Waals surface area contributed by atoms with Gasteiger partial charge in [-0.05, 0) is 30.7 Å². The Morgan fingerprint density at radius 1 is 1.26 bits per heavy atom. The Bertz CT molecular complexity index is 640. The molecular formula is C16H14N2S. The molecule has 0 radical (unpaired) electrons. The second kappa shape index (κ2) is 5.07. The molecule has 0 bridgehead atoms. The number of nitriles is 1. The highest BCUT2D eigenvalue weighted by atomic mass is 32.2. The normalized spacial score (nSPS) is 14.1. The third-order valence-electron chi connectivity index (χ3n) is 3.39. The van der Waals surface area contributed by atoms with Crippen molar-refractivity contribution in [2.45, 2.75) is 23.8 Å². The van der Waals surface area contributed by atoms with Gasteiger partial charge in [-0.15, -0.1) is 11.8 Å². The largest absolute Gasteiger partial charge is 0.245 e. The van der Waals surface area contributed by atoms with Crippen LogP contribution in [0.1, 0.15) is 30.0 Å². The Morgan fingerprint density at radius 3 is 2.58 bits per heavy atom. The van der Waals surface area contributed by atoms with E-state index in [1.165, 1.54) is 12.8 Å². The molecule has 1 fully saturated rings. The van der Waals surface area contributed by atoms with Crippen LogP contribution in [0.25, 0.3) is 11.1 Å². The quantitative estimate of drug-likeness (QED) is 0.780. The van der Waals surface area contributed by atoms with Gasteiger partial charge in [0.1, 0.15) is 11.1 Å². The number of thioether (sulfide) groups is 1. The average Bonchev–Trinajstić information content (AvgIpc) is 3.31. The molecule has 1 heterocycles. The topological polar surface area (TPSA) is 36.7 Å². The summed E-state index contributed by atoms with van der Waals surface area (Å²) in [4.78, 5) is 4.65. The van der Waals surface area contributed by atoms with Gasteiger partial charge in [0.15, 0.2) is 0 Å². The molecule has 0 atom stereocenters. The fourth-order valence-electron chi connectivity index (χ4n) is 2.23. The summed E-state index contributed by atoms with van der Waals surface area (Å²) in [6.07, 6.45) is 4.43. The Balaban J connectivity index is 2.21. The van der Waals surface area contributed by atoms with Crippen LogP contribution in [0.2, 0.25) is 0 Å². The van der Waals surface area contributed by atoms with Crippen molar-refractivity contribution in [3.8, 4) is 17.2 Å². The highest BCUT2D eigenvalue weighted by Crippen LogP contribution is 2.42. The second-order valence-corrected chi connectivity index (χ2v) is 5.53. The van der Waals surface area contributed by atoms with E-state index in [0.29, 0.717) is 11.5 Å². The third-order valence-corrected chi connectivity index (χ3v) is 4.07. The maximum absolute atomic E-state index is 9.43. The molecule has 1 aliphatic rings. The van der Waals surface area contributed by atoms with Crippen molar-refractivity contribution in [1.82, 2.24) is 4.98 Å². The molecule has 0 N–H and O–H groups in total. The van der Waals surface area contributed by atoms with Crippen LogP contribution in [0.15, 0.2) is 41.4 Å². The minimum Gasteiger partial charge on any atom is -0.245 e. The van der Waals surface area contributed by atoms with Crippen LogP contribution >= 0.6 is 11.8 Å². The Labute approximate surface area is 117 Å². The first-order valence-corrected chi connectivity index (χ1v) is 7.60. The van der Waals surface area contributed by atoms with Gasteiger partial charge in [0.25, 0.3) is 0 Å². The van der Waals surface area contributed by atoms with E-state index in [2.05, 4.69) is 29.3 Å². The maximum Gasteiger partial charge on any atom is 0.114 e. The lowest BCUT2D eigenvalue weighted by Crippen LogP contribution is -1.96. The molecule has 2 nitrogen and oxygen atoms in total. The Hall–Kier alpha value is -1.79. The maximum atomic E-state index is 9.43. The SMILES string of the molecule is CSc1nc(C2CC2)cc(-c2ccccc2)c1C#N. The van der Waals surface area contributed by atoms with Crippen molar-refractivity contribution in [2.75, 3.05) is 6.26 Å². The van der Waals surface area contributed by atoms with E-state index in [4.69, 9.17) is 0 Å². The average molecular weight is 266 g/mol. The van der Waals surface area contributed by atoms with Gasteiger partial charge in [-0.1, -0.05) is 30.3 Å². The van der Waals surface area contributed by atoms with Gasteiger partial charge in [-0.25, -0.2) is 4.98 Å². The molecule has 1 saturated carbocycles. The van der Waals surface area contributed by atoms with Crippen LogP contribution in [0.4, 0.5) is 0 Å².